The van der Waals surface area contributed by atoms with Gasteiger partial charge in [0.2, 0.25) is 5.95 Å². The molecule has 0 aromatic carbocycles. The molecule has 0 saturated carbocycles. The Morgan fingerprint density at radius 2 is 2.35 bits per heavy atom. The van der Waals surface area contributed by atoms with E-state index in [4.69, 9.17) is 10.5 Å². The second-order valence-electron chi connectivity index (χ2n) is 4.86. The van der Waals surface area contributed by atoms with Gasteiger partial charge in [0, 0.05) is 5.92 Å². The molecule has 0 bridgehead atoms. The smallest absolute Gasteiger partial charge is 0.280 e. The number of aromatic amines is 1. The van der Waals surface area contributed by atoms with Gasteiger partial charge < -0.3 is 15.6 Å². The fraction of sp³-hybridized carbons (Fsp3) is 0.545. The molecule has 0 unspecified atom stereocenters. The largest absolute Gasteiger partial charge is 0.390 e. The minimum absolute atomic E-state index is 0.0316. The van der Waals surface area contributed by atoms with Gasteiger partial charge in [-0.05, 0) is 0 Å². The SMILES string of the molecule is C[C@@H]1[C@H](O)[C@@H](C[O])O[C@H]1n1cnc2c(=O)[nH]c(N)nc21. The summed E-state index contributed by atoms with van der Waals surface area (Å²) in [6.45, 7) is 1.22. The molecule has 0 spiro atoms. The number of H-pyrrole nitrogens is 1. The van der Waals surface area contributed by atoms with Crippen LogP contribution < -0.4 is 11.3 Å². The van der Waals surface area contributed by atoms with Gasteiger partial charge in [-0.2, -0.15) is 4.98 Å². The third kappa shape index (κ3) is 1.79. The van der Waals surface area contributed by atoms with Gasteiger partial charge in [-0.1, -0.05) is 6.92 Å². The average molecular weight is 280 g/mol. The molecule has 9 heteroatoms. The Hall–Kier alpha value is -1.97. The van der Waals surface area contributed by atoms with Crippen molar-refractivity contribution in [2.45, 2.75) is 25.4 Å². The lowest BCUT2D eigenvalue weighted by molar-refractivity contribution is -0.0585. The minimum atomic E-state index is -0.866. The summed E-state index contributed by atoms with van der Waals surface area (Å²) in [7, 11) is 0. The molecule has 1 fully saturated rings. The Bertz CT molecular complexity index is 696. The molecule has 0 aliphatic carbocycles. The summed E-state index contributed by atoms with van der Waals surface area (Å²) in [5, 5.41) is 20.9. The van der Waals surface area contributed by atoms with Gasteiger partial charge in [0.15, 0.2) is 11.2 Å². The molecule has 1 aliphatic heterocycles. The van der Waals surface area contributed by atoms with Gasteiger partial charge in [0.25, 0.3) is 5.56 Å². The number of nitrogens with zero attached hydrogens (tertiary/aromatic N) is 3. The number of rotatable bonds is 2. The molecule has 107 valence electrons. The number of imidazole rings is 1. The topological polar surface area (TPSA) is 139 Å². The number of nitrogen functional groups attached to an aromatic ring is 1. The van der Waals surface area contributed by atoms with Crippen LogP contribution in [-0.4, -0.2) is 43.4 Å². The number of fused-ring (bicyclic) bond motifs is 1. The van der Waals surface area contributed by atoms with Gasteiger partial charge in [-0.25, -0.2) is 10.1 Å². The highest BCUT2D eigenvalue weighted by Crippen LogP contribution is 2.35. The number of hydrogen-bond acceptors (Lipinski definition) is 6. The number of ether oxygens (including phenoxy) is 1. The molecule has 1 radical (unpaired) electrons. The number of nitrogens with two attached hydrogens (primary N) is 1. The van der Waals surface area contributed by atoms with Crippen LogP contribution in [0, 0.1) is 5.92 Å². The Kier molecular flexibility index (Phi) is 2.96. The predicted molar refractivity (Wildman–Crippen MR) is 67.2 cm³/mol. The lowest BCUT2D eigenvalue weighted by atomic mass is 10.0. The van der Waals surface area contributed by atoms with Crippen LogP contribution in [0.3, 0.4) is 0 Å². The van der Waals surface area contributed by atoms with E-state index in [1.807, 2.05) is 0 Å². The number of nitrogens with one attached hydrogen (secondary N) is 1. The molecule has 3 heterocycles. The van der Waals surface area contributed by atoms with Gasteiger partial charge in [0.1, 0.15) is 18.9 Å². The summed E-state index contributed by atoms with van der Waals surface area (Å²) in [5.74, 6) is -0.357. The van der Waals surface area contributed by atoms with Crippen molar-refractivity contribution in [3.05, 3.63) is 16.7 Å². The highest BCUT2D eigenvalue weighted by molar-refractivity contribution is 5.70. The van der Waals surface area contributed by atoms with Crippen molar-refractivity contribution < 1.29 is 14.9 Å². The monoisotopic (exact) mass is 280 g/mol. The van der Waals surface area contributed by atoms with Crippen molar-refractivity contribution in [2.24, 2.45) is 5.92 Å². The Morgan fingerprint density at radius 1 is 1.60 bits per heavy atom. The van der Waals surface area contributed by atoms with E-state index in [-0.39, 0.29) is 23.0 Å². The van der Waals surface area contributed by atoms with Gasteiger partial charge in [-0.15, -0.1) is 0 Å². The molecular formula is C11H14N5O4. The maximum Gasteiger partial charge on any atom is 0.280 e. The van der Waals surface area contributed by atoms with Gasteiger partial charge in [0.05, 0.1) is 12.4 Å². The summed E-state index contributed by atoms with van der Waals surface area (Å²) < 4.78 is 7.05. The quantitative estimate of drug-likeness (QED) is 0.646. The van der Waals surface area contributed by atoms with E-state index >= 15 is 0 Å². The van der Waals surface area contributed by atoms with E-state index in [2.05, 4.69) is 15.0 Å². The van der Waals surface area contributed by atoms with E-state index in [1.54, 1.807) is 6.92 Å². The molecule has 4 atom stereocenters. The highest BCUT2D eigenvalue weighted by atomic mass is 16.5. The van der Waals surface area contributed by atoms with Crippen molar-refractivity contribution >= 4 is 17.1 Å². The number of hydrogen-bond donors (Lipinski definition) is 3. The van der Waals surface area contributed by atoms with Crippen LogP contribution in [0.1, 0.15) is 13.2 Å². The first-order valence-corrected chi connectivity index (χ1v) is 6.17. The molecule has 3 rings (SSSR count). The van der Waals surface area contributed by atoms with Crippen LogP contribution in [-0.2, 0) is 9.84 Å². The normalized spacial score (nSPS) is 30.1. The van der Waals surface area contributed by atoms with Crippen LogP contribution in [0.4, 0.5) is 5.95 Å². The first-order valence-electron chi connectivity index (χ1n) is 6.17. The molecule has 0 amide bonds. The zero-order valence-electron chi connectivity index (χ0n) is 10.7. The highest BCUT2D eigenvalue weighted by Gasteiger charge is 2.42. The van der Waals surface area contributed by atoms with E-state index < -0.39 is 30.6 Å². The zero-order valence-corrected chi connectivity index (χ0v) is 10.7. The van der Waals surface area contributed by atoms with Gasteiger partial charge in [-0.3, -0.25) is 14.3 Å². The summed E-state index contributed by atoms with van der Waals surface area (Å²) in [6, 6.07) is 0. The Labute approximate surface area is 113 Å². The molecular weight excluding hydrogens is 266 g/mol. The number of aliphatic hydroxyl groups is 1. The van der Waals surface area contributed by atoms with Crippen molar-refractivity contribution in [2.75, 3.05) is 12.3 Å². The third-order valence-electron chi connectivity index (χ3n) is 3.57. The van der Waals surface area contributed by atoms with Crippen LogP contribution in [0.25, 0.3) is 11.2 Å². The van der Waals surface area contributed by atoms with Crippen molar-refractivity contribution in [3.63, 3.8) is 0 Å². The van der Waals surface area contributed by atoms with Crippen LogP contribution in [0.2, 0.25) is 0 Å². The van der Waals surface area contributed by atoms with E-state index in [0.29, 0.717) is 0 Å². The Balaban J connectivity index is 2.09. The first kappa shape index (κ1) is 13.0. The zero-order chi connectivity index (χ0) is 14.4. The predicted octanol–water partition coefficient (Wildman–Crippen LogP) is -0.973. The molecule has 1 aliphatic rings. The summed E-state index contributed by atoms with van der Waals surface area (Å²) in [5.41, 5.74) is 5.47. The fourth-order valence-corrected chi connectivity index (χ4v) is 2.48. The van der Waals surface area contributed by atoms with Crippen molar-refractivity contribution in [1.29, 1.82) is 0 Å². The average Bonchev–Trinajstić information content (AvgIpc) is 2.93. The lowest BCUT2D eigenvalue weighted by Gasteiger charge is -2.17. The standard InChI is InChI=1S/C11H14N5O4/c1-4-7(18)5(2-17)20-10(4)16-3-13-6-8(16)14-11(12)15-9(6)19/h3-5,7,10,18H,2H2,1H3,(H3,12,14,15,19)/t4-,5-,7+,10-/m1/s1. The third-order valence-corrected chi connectivity index (χ3v) is 3.57. The molecule has 2 aromatic heterocycles. The van der Waals surface area contributed by atoms with Gasteiger partial charge >= 0.3 is 0 Å². The summed E-state index contributed by atoms with van der Waals surface area (Å²) in [4.78, 5) is 22.1. The molecule has 20 heavy (non-hydrogen) atoms. The van der Waals surface area contributed by atoms with E-state index in [0.717, 1.165) is 0 Å². The van der Waals surface area contributed by atoms with Crippen LogP contribution >= 0.6 is 0 Å². The Morgan fingerprint density at radius 3 is 3.00 bits per heavy atom. The minimum Gasteiger partial charge on any atom is -0.390 e. The van der Waals surface area contributed by atoms with Crippen molar-refractivity contribution in [1.82, 2.24) is 19.5 Å². The fourth-order valence-electron chi connectivity index (χ4n) is 2.48. The lowest BCUT2D eigenvalue weighted by Crippen LogP contribution is -2.27. The second-order valence-corrected chi connectivity index (χ2v) is 4.86. The maximum atomic E-state index is 11.7. The summed E-state index contributed by atoms with van der Waals surface area (Å²) >= 11 is 0. The molecule has 2 aromatic rings. The summed E-state index contributed by atoms with van der Waals surface area (Å²) in [6.07, 6.45) is -0.864. The molecule has 9 nitrogen and oxygen atoms in total. The first-order chi connectivity index (χ1) is 9.52. The van der Waals surface area contributed by atoms with E-state index in [1.165, 1.54) is 10.9 Å². The van der Waals surface area contributed by atoms with E-state index in [9.17, 15) is 15.0 Å². The number of aromatic nitrogens is 4. The number of anilines is 1. The van der Waals surface area contributed by atoms with Crippen LogP contribution in [0.5, 0.6) is 0 Å². The number of aliphatic hydroxyl groups excluding tert-OH is 1. The van der Waals surface area contributed by atoms with Crippen LogP contribution in [0.15, 0.2) is 11.1 Å². The maximum absolute atomic E-state index is 11.7. The molecule has 4 N–H and O–H groups in total. The van der Waals surface area contributed by atoms with Crippen molar-refractivity contribution in [3.8, 4) is 0 Å². The second kappa shape index (κ2) is 4.54. The molecule has 1 saturated heterocycles.